The van der Waals surface area contributed by atoms with Gasteiger partial charge in [-0.2, -0.15) is 0 Å². The molecule has 0 aliphatic carbocycles. The molecule has 0 spiro atoms. The van der Waals surface area contributed by atoms with Crippen molar-refractivity contribution in [2.24, 2.45) is 0 Å². The summed E-state index contributed by atoms with van der Waals surface area (Å²) in [5.74, 6) is 0. The van der Waals surface area contributed by atoms with Gasteiger partial charge in [0.15, 0.2) is 0 Å². The molecule has 5 nitrogen and oxygen atoms in total. The molecule has 1 atom stereocenters. The number of nitrogens with one attached hydrogen (secondary N) is 1. The quantitative estimate of drug-likeness (QED) is 0.944. The van der Waals surface area contributed by atoms with Gasteiger partial charge >= 0.3 is 6.03 Å². The van der Waals surface area contributed by atoms with Crippen LogP contribution in [0.1, 0.15) is 18.1 Å². The van der Waals surface area contributed by atoms with E-state index in [1.165, 1.54) is 11.3 Å². The Morgan fingerprint density at radius 2 is 2.12 bits per heavy atom. The largest absolute Gasteiger partial charge is 0.372 e. The third-order valence-corrected chi connectivity index (χ3v) is 4.49. The van der Waals surface area contributed by atoms with Gasteiger partial charge < -0.3 is 15.1 Å². The molecular formula is C19H24N4O. The molecule has 5 heteroatoms. The number of nitrogens with zero attached hydrogens (tertiary/aromatic N) is 3. The Morgan fingerprint density at radius 3 is 2.92 bits per heavy atom. The molecule has 0 unspecified atom stereocenters. The fraction of sp³-hybridized carbons (Fsp3) is 0.368. The number of benzene rings is 1. The Morgan fingerprint density at radius 1 is 1.29 bits per heavy atom. The standard InChI is InChI=1S/C19H24N4O/c1-15-13-22(2)18-8-4-3-7-17(18)14-23(15)19(24)21-11-9-16-6-5-10-20-12-16/h3-8,10,12,15H,9,11,13-14H2,1-2H3,(H,21,24)/t15-/m0/s1. The fourth-order valence-corrected chi connectivity index (χ4v) is 3.18. The van der Waals surface area contributed by atoms with Gasteiger partial charge in [-0.05, 0) is 36.6 Å². The fourth-order valence-electron chi connectivity index (χ4n) is 3.18. The number of rotatable bonds is 3. The van der Waals surface area contributed by atoms with Gasteiger partial charge in [-0.3, -0.25) is 4.98 Å². The maximum absolute atomic E-state index is 12.6. The Balaban J connectivity index is 1.63. The van der Waals surface area contributed by atoms with Crippen LogP contribution in [-0.4, -0.2) is 42.1 Å². The van der Waals surface area contributed by atoms with Gasteiger partial charge in [-0.1, -0.05) is 24.3 Å². The van der Waals surface area contributed by atoms with Crippen molar-refractivity contribution in [3.05, 3.63) is 59.9 Å². The van der Waals surface area contributed by atoms with Gasteiger partial charge in [0.05, 0.1) is 0 Å². The number of urea groups is 1. The molecule has 1 aromatic carbocycles. The highest BCUT2D eigenvalue weighted by molar-refractivity contribution is 5.75. The summed E-state index contributed by atoms with van der Waals surface area (Å²) >= 11 is 0. The van der Waals surface area contributed by atoms with E-state index in [0.717, 1.165) is 18.5 Å². The van der Waals surface area contributed by atoms with Crippen LogP contribution < -0.4 is 10.2 Å². The van der Waals surface area contributed by atoms with E-state index in [2.05, 4.69) is 41.3 Å². The van der Waals surface area contributed by atoms with E-state index in [1.54, 1.807) is 6.20 Å². The Kier molecular flexibility index (Phi) is 4.99. The zero-order chi connectivity index (χ0) is 16.9. The molecule has 0 bridgehead atoms. The highest BCUT2D eigenvalue weighted by atomic mass is 16.2. The van der Waals surface area contributed by atoms with Gasteiger partial charge in [0, 0.05) is 50.8 Å². The molecular weight excluding hydrogens is 300 g/mol. The van der Waals surface area contributed by atoms with E-state index in [4.69, 9.17) is 0 Å². The van der Waals surface area contributed by atoms with Gasteiger partial charge in [-0.25, -0.2) is 4.79 Å². The number of hydrogen-bond acceptors (Lipinski definition) is 3. The molecule has 1 aromatic heterocycles. The first kappa shape index (κ1) is 16.3. The number of likely N-dealkylation sites (N-methyl/N-ethyl adjacent to an activating group) is 1. The molecule has 0 radical (unpaired) electrons. The number of hydrogen-bond donors (Lipinski definition) is 1. The highest BCUT2D eigenvalue weighted by Gasteiger charge is 2.26. The van der Waals surface area contributed by atoms with Crippen LogP contribution in [0, 0.1) is 0 Å². The van der Waals surface area contributed by atoms with Crippen LogP contribution in [0.5, 0.6) is 0 Å². The first-order valence-corrected chi connectivity index (χ1v) is 8.37. The number of aromatic nitrogens is 1. The van der Waals surface area contributed by atoms with Crippen molar-refractivity contribution in [2.75, 3.05) is 25.0 Å². The minimum atomic E-state index is -0.00325. The third-order valence-electron chi connectivity index (χ3n) is 4.49. The molecule has 2 amide bonds. The minimum Gasteiger partial charge on any atom is -0.372 e. The predicted octanol–water partition coefficient (Wildman–Crippen LogP) is 2.67. The normalized spacial score (nSPS) is 17.2. The van der Waals surface area contributed by atoms with Crippen molar-refractivity contribution in [3.8, 4) is 0 Å². The van der Waals surface area contributed by atoms with Gasteiger partial charge in [0.2, 0.25) is 0 Å². The lowest BCUT2D eigenvalue weighted by Gasteiger charge is -2.28. The monoisotopic (exact) mass is 324 g/mol. The summed E-state index contributed by atoms with van der Waals surface area (Å²) in [4.78, 5) is 20.9. The minimum absolute atomic E-state index is 0.00325. The van der Waals surface area contributed by atoms with Crippen LogP contribution in [0.3, 0.4) is 0 Å². The highest BCUT2D eigenvalue weighted by Crippen LogP contribution is 2.25. The van der Waals surface area contributed by atoms with E-state index in [1.807, 2.05) is 35.4 Å². The number of fused-ring (bicyclic) bond motifs is 1. The summed E-state index contributed by atoms with van der Waals surface area (Å²) in [5.41, 5.74) is 3.52. The molecule has 24 heavy (non-hydrogen) atoms. The SMILES string of the molecule is C[C@H]1CN(C)c2ccccc2CN1C(=O)NCCc1cccnc1. The number of para-hydroxylation sites is 1. The van der Waals surface area contributed by atoms with Gasteiger partial charge in [-0.15, -0.1) is 0 Å². The van der Waals surface area contributed by atoms with Gasteiger partial charge in [0.25, 0.3) is 0 Å². The van der Waals surface area contributed by atoms with Crippen molar-refractivity contribution in [1.29, 1.82) is 0 Å². The summed E-state index contributed by atoms with van der Waals surface area (Å²) in [5, 5.41) is 3.05. The molecule has 0 saturated carbocycles. The van der Waals surface area contributed by atoms with Crippen LogP contribution in [0.15, 0.2) is 48.8 Å². The topological polar surface area (TPSA) is 48.5 Å². The van der Waals surface area contributed by atoms with E-state index < -0.39 is 0 Å². The zero-order valence-corrected chi connectivity index (χ0v) is 14.3. The lowest BCUT2D eigenvalue weighted by Crippen LogP contribution is -2.47. The van der Waals surface area contributed by atoms with Crippen molar-refractivity contribution >= 4 is 11.7 Å². The maximum Gasteiger partial charge on any atom is 0.318 e. The predicted molar refractivity (Wildman–Crippen MR) is 96.1 cm³/mol. The van der Waals surface area contributed by atoms with E-state index in [0.29, 0.717) is 13.1 Å². The lowest BCUT2D eigenvalue weighted by molar-refractivity contribution is 0.178. The zero-order valence-electron chi connectivity index (χ0n) is 14.3. The Hall–Kier alpha value is -2.56. The second-order valence-electron chi connectivity index (χ2n) is 6.33. The van der Waals surface area contributed by atoms with E-state index in [-0.39, 0.29) is 12.1 Å². The second-order valence-corrected chi connectivity index (χ2v) is 6.33. The van der Waals surface area contributed by atoms with Crippen LogP contribution in [-0.2, 0) is 13.0 Å². The van der Waals surface area contributed by atoms with E-state index in [9.17, 15) is 4.79 Å². The average Bonchev–Trinajstić information content (AvgIpc) is 2.72. The van der Waals surface area contributed by atoms with Crippen molar-refractivity contribution in [2.45, 2.75) is 25.9 Å². The number of amides is 2. The lowest BCUT2D eigenvalue weighted by atomic mass is 10.1. The Bertz CT molecular complexity index is 689. The number of pyridine rings is 1. The van der Waals surface area contributed by atoms with Crippen LogP contribution in [0.25, 0.3) is 0 Å². The van der Waals surface area contributed by atoms with Gasteiger partial charge in [0.1, 0.15) is 0 Å². The van der Waals surface area contributed by atoms with Crippen molar-refractivity contribution < 1.29 is 4.79 Å². The van der Waals surface area contributed by atoms with E-state index >= 15 is 0 Å². The number of carbonyl (C=O) groups excluding carboxylic acids is 1. The first-order chi connectivity index (χ1) is 11.6. The molecule has 3 rings (SSSR count). The molecule has 2 heterocycles. The third kappa shape index (κ3) is 3.67. The first-order valence-electron chi connectivity index (χ1n) is 8.37. The molecule has 0 saturated heterocycles. The van der Waals surface area contributed by atoms with Crippen LogP contribution in [0.4, 0.5) is 10.5 Å². The Labute approximate surface area is 143 Å². The summed E-state index contributed by atoms with van der Waals surface area (Å²) in [6.45, 7) is 4.18. The smallest absolute Gasteiger partial charge is 0.318 e. The number of anilines is 1. The van der Waals surface area contributed by atoms with Crippen molar-refractivity contribution in [1.82, 2.24) is 15.2 Å². The molecule has 0 fully saturated rings. The van der Waals surface area contributed by atoms with Crippen LogP contribution >= 0.6 is 0 Å². The summed E-state index contributed by atoms with van der Waals surface area (Å²) in [7, 11) is 2.08. The molecule has 1 aliphatic rings. The summed E-state index contributed by atoms with van der Waals surface area (Å²) in [6, 6.07) is 12.4. The molecule has 1 aliphatic heterocycles. The number of carbonyl (C=O) groups is 1. The molecule has 2 aromatic rings. The summed E-state index contributed by atoms with van der Waals surface area (Å²) < 4.78 is 0. The van der Waals surface area contributed by atoms with Crippen LogP contribution in [0.2, 0.25) is 0 Å². The summed E-state index contributed by atoms with van der Waals surface area (Å²) in [6.07, 6.45) is 4.39. The second kappa shape index (κ2) is 7.34. The maximum atomic E-state index is 12.6. The molecule has 1 N–H and O–H groups in total. The van der Waals surface area contributed by atoms with Crippen molar-refractivity contribution in [3.63, 3.8) is 0 Å². The molecule has 126 valence electrons. The average molecular weight is 324 g/mol.